The van der Waals surface area contributed by atoms with Crippen LogP contribution in [0.5, 0.6) is 0 Å². The second-order valence-corrected chi connectivity index (χ2v) is 9.01. The summed E-state index contributed by atoms with van der Waals surface area (Å²) in [6.45, 7) is 5.59. The first-order valence-electron chi connectivity index (χ1n) is 12.0. The van der Waals surface area contributed by atoms with E-state index in [0.717, 1.165) is 23.5 Å². The van der Waals surface area contributed by atoms with Crippen molar-refractivity contribution in [3.63, 3.8) is 0 Å². The summed E-state index contributed by atoms with van der Waals surface area (Å²) in [4.78, 5) is 16.1. The molecule has 0 saturated carbocycles. The van der Waals surface area contributed by atoms with Gasteiger partial charge in [-0.15, -0.1) is 41.7 Å². The molecule has 0 N–H and O–H groups in total. The first-order chi connectivity index (χ1) is 19.2. The van der Waals surface area contributed by atoms with Crippen LogP contribution in [-0.4, -0.2) is 43.5 Å². The number of benzene rings is 2. The number of nitrogens with zero attached hydrogens (tertiary/aromatic N) is 10. The molecule has 1 radical (unpaired) electrons. The fraction of sp³-hybridized carbons (Fsp3) is 0.143. The van der Waals surface area contributed by atoms with Gasteiger partial charge in [0.15, 0.2) is 0 Å². The molecule has 41 heavy (non-hydrogen) atoms. The van der Waals surface area contributed by atoms with E-state index in [1.165, 1.54) is 0 Å². The number of rotatable bonds is 4. The van der Waals surface area contributed by atoms with Crippen LogP contribution in [0.2, 0.25) is 0 Å². The Bertz CT molecular complexity index is 1590. The molecule has 213 valence electrons. The maximum Gasteiger partial charge on any atom is 0.122 e. The SMILES string of the molecule is CN1C=CN(c2[c-]c(N3C=CN(C)[CH-]3)cc(C#N)c2)[CH-]1.Cc1n[n-]c(-c2nc(-c3[c-]cc(F)cc3F)cn2C)n1.[Ir]. The van der Waals surface area contributed by atoms with Crippen molar-refractivity contribution in [2.45, 2.75) is 6.92 Å². The maximum absolute atomic E-state index is 13.7. The topological polar surface area (TPSA) is 94.5 Å². The van der Waals surface area contributed by atoms with Crippen molar-refractivity contribution in [3.05, 3.63) is 104 Å². The molecule has 2 aromatic heterocycles. The van der Waals surface area contributed by atoms with Gasteiger partial charge in [-0.1, -0.05) is 17.2 Å². The van der Waals surface area contributed by atoms with Crippen molar-refractivity contribution in [2.75, 3.05) is 23.9 Å². The maximum atomic E-state index is 13.7. The van der Waals surface area contributed by atoms with Gasteiger partial charge in [0, 0.05) is 56.1 Å². The summed E-state index contributed by atoms with van der Waals surface area (Å²) in [6, 6.07) is 13.6. The molecule has 0 fully saturated rings. The van der Waals surface area contributed by atoms with E-state index in [0.29, 0.717) is 28.7 Å². The molecular formula is C28H23F2IrN10-5. The molecule has 13 heteroatoms. The minimum atomic E-state index is -0.715. The van der Waals surface area contributed by atoms with Crippen LogP contribution in [0, 0.1) is 55.4 Å². The third-order valence-electron chi connectivity index (χ3n) is 5.81. The molecule has 2 aliphatic rings. The van der Waals surface area contributed by atoms with E-state index in [1.807, 2.05) is 84.0 Å². The number of aromatic nitrogens is 5. The van der Waals surface area contributed by atoms with E-state index in [4.69, 9.17) is 0 Å². The van der Waals surface area contributed by atoms with Crippen molar-refractivity contribution in [3.8, 4) is 29.0 Å². The average Bonchev–Trinajstić information content (AvgIpc) is 3.73. The minimum Gasteiger partial charge on any atom is -0.510 e. The second kappa shape index (κ2) is 12.3. The van der Waals surface area contributed by atoms with E-state index in [2.05, 4.69) is 38.4 Å². The standard InChI is InChI=1S/C15H14N5.C13H9F2N5.Ir/c1-17-3-5-19(11-17)14-7-13(10-16)8-15(9-14)20-6-4-18(2)12-20;1-7-16-12(19-18-7)13-17-11(6-20(13)2)9-4-3-8(14)5-10(9)15;/h3-8,11-12H,1-2H3;3,5-6H,1-2H3;/q-3;-2;. The summed E-state index contributed by atoms with van der Waals surface area (Å²) in [7, 11) is 5.65. The largest absolute Gasteiger partial charge is 0.510 e. The van der Waals surface area contributed by atoms with Gasteiger partial charge in [0.1, 0.15) is 5.82 Å². The summed E-state index contributed by atoms with van der Waals surface area (Å²) in [5.74, 6) is -0.0467. The van der Waals surface area contributed by atoms with Crippen molar-refractivity contribution in [1.82, 2.24) is 34.5 Å². The van der Waals surface area contributed by atoms with Crippen LogP contribution in [0.3, 0.4) is 0 Å². The molecule has 2 aliphatic heterocycles. The van der Waals surface area contributed by atoms with Gasteiger partial charge in [-0.3, -0.25) is 18.9 Å². The van der Waals surface area contributed by atoms with Gasteiger partial charge in [0.2, 0.25) is 0 Å². The first kappa shape index (κ1) is 29.5. The third-order valence-corrected chi connectivity index (χ3v) is 5.81. The summed E-state index contributed by atoms with van der Waals surface area (Å²) in [6.07, 6.45) is 9.37. The van der Waals surface area contributed by atoms with Crippen molar-refractivity contribution in [2.24, 2.45) is 7.05 Å². The Labute approximate surface area is 250 Å². The third kappa shape index (κ3) is 6.62. The zero-order chi connectivity index (χ0) is 28.4. The van der Waals surface area contributed by atoms with Crippen LogP contribution in [0.15, 0.2) is 55.3 Å². The molecule has 0 spiro atoms. The molecule has 0 amide bonds. The predicted molar refractivity (Wildman–Crippen MR) is 144 cm³/mol. The van der Waals surface area contributed by atoms with Gasteiger partial charge >= 0.3 is 0 Å². The average molecular weight is 730 g/mol. The Morgan fingerprint density at radius 2 is 1.59 bits per heavy atom. The molecule has 0 saturated heterocycles. The van der Waals surface area contributed by atoms with Crippen LogP contribution in [-0.2, 0) is 27.2 Å². The van der Waals surface area contributed by atoms with E-state index in [9.17, 15) is 14.0 Å². The van der Waals surface area contributed by atoms with Crippen LogP contribution in [0.4, 0.5) is 20.2 Å². The molecule has 0 unspecified atom stereocenters. The summed E-state index contributed by atoms with van der Waals surface area (Å²) in [5, 5.41) is 16.9. The normalized spacial score (nSPS) is 13.8. The van der Waals surface area contributed by atoms with Gasteiger partial charge in [0.05, 0.1) is 6.07 Å². The molecule has 6 rings (SSSR count). The predicted octanol–water partition coefficient (Wildman–Crippen LogP) is 3.93. The zero-order valence-electron chi connectivity index (χ0n) is 22.4. The molecule has 0 aliphatic carbocycles. The number of halogens is 2. The molecule has 4 aromatic rings. The smallest absolute Gasteiger partial charge is 0.122 e. The van der Waals surface area contributed by atoms with Crippen LogP contribution in [0.25, 0.3) is 22.9 Å². The Kier molecular flexibility index (Phi) is 8.86. The monoisotopic (exact) mass is 730 g/mol. The fourth-order valence-electron chi connectivity index (χ4n) is 3.92. The number of anilines is 2. The Morgan fingerprint density at radius 1 is 0.951 bits per heavy atom. The van der Waals surface area contributed by atoms with Gasteiger partial charge in [0.25, 0.3) is 0 Å². The molecule has 4 heterocycles. The summed E-state index contributed by atoms with van der Waals surface area (Å²) < 4.78 is 28.3. The van der Waals surface area contributed by atoms with Gasteiger partial charge in [-0.05, 0) is 52.0 Å². The number of aryl methyl sites for hydroxylation is 2. The van der Waals surface area contributed by atoms with Crippen molar-refractivity contribution in [1.29, 1.82) is 5.26 Å². The molecule has 0 bridgehead atoms. The molecule has 10 nitrogen and oxygen atoms in total. The van der Waals surface area contributed by atoms with Gasteiger partial charge < -0.3 is 34.2 Å². The Balaban J connectivity index is 0.000000184. The van der Waals surface area contributed by atoms with E-state index < -0.39 is 11.6 Å². The number of imidazole rings is 1. The van der Waals surface area contributed by atoms with Crippen LogP contribution < -0.4 is 14.9 Å². The number of hydrogen-bond acceptors (Lipinski definition) is 8. The molecular weight excluding hydrogens is 707 g/mol. The Morgan fingerprint density at radius 3 is 2.07 bits per heavy atom. The van der Waals surface area contributed by atoms with Gasteiger partial charge in [-0.2, -0.15) is 18.6 Å². The van der Waals surface area contributed by atoms with E-state index >= 15 is 0 Å². The Hall–Kier alpha value is -4.53. The van der Waals surface area contributed by atoms with Crippen molar-refractivity contribution < 1.29 is 28.9 Å². The van der Waals surface area contributed by atoms with Gasteiger partial charge in [-0.25, -0.2) is 0 Å². The first-order valence-corrected chi connectivity index (χ1v) is 12.0. The van der Waals surface area contributed by atoms with Crippen LogP contribution >= 0.6 is 0 Å². The van der Waals surface area contributed by atoms with Crippen LogP contribution in [0.1, 0.15) is 11.4 Å². The summed E-state index contributed by atoms with van der Waals surface area (Å²) in [5.41, 5.74) is 2.74. The zero-order valence-corrected chi connectivity index (χ0v) is 24.8. The fourth-order valence-corrected chi connectivity index (χ4v) is 3.92. The number of nitriles is 1. The summed E-state index contributed by atoms with van der Waals surface area (Å²) >= 11 is 0. The second-order valence-electron chi connectivity index (χ2n) is 9.01. The van der Waals surface area contributed by atoms with Crippen molar-refractivity contribution >= 4 is 11.4 Å². The van der Waals surface area contributed by atoms with E-state index in [-0.39, 0.29) is 25.7 Å². The number of hydrogen-bond donors (Lipinski definition) is 0. The molecule has 2 aromatic carbocycles. The molecule has 0 atom stereocenters. The quantitative estimate of drug-likeness (QED) is 0.290. The minimum absolute atomic E-state index is 0. The van der Waals surface area contributed by atoms with E-state index in [1.54, 1.807) is 24.7 Å².